The van der Waals surface area contributed by atoms with Gasteiger partial charge in [0.1, 0.15) is 0 Å². The Morgan fingerprint density at radius 3 is 2.50 bits per heavy atom. The van der Waals surface area contributed by atoms with Crippen molar-refractivity contribution in [1.29, 1.82) is 0 Å². The fourth-order valence-electron chi connectivity index (χ4n) is 1.59. The third kappa shape index (κ3) is 6.68. The first-order valence-electron chi connectivity index (χ1n) is 5.56. The van der Waals surface area contributed by atoms with Crippen molar-refractivity contribution in [2.24, 2.45) is 5.73 Å². The summed E-state index contributed by atoms with van der Waals surface area (Å²) in [5, 5.41) is 0. The molecule has 0 aromatic rings. The molecule has 0 radical (unpaired) electrons. The summed E-state index contributed by atoms with van der Waals surface area (Å²) >= 11 is 1.94. The topological polar surface area (TPSA) is 29.3 Å². The highest BCUT2D eigenvalue weighted by Gasteiger charge is 2.11. The summed E-state index contributed by atoms with van der Waals surface area (Å²) in [6.45, 7) is 5.53. The van der Waals surface area contributed by atoms with Crippen molar-refractivity contribution in [2.45, 2.75) is 45.2 Å². The van der Waals surface area contributed by atoms with E-state index in [-0.39, 0.29) is 0 Å². The molecule has 2 atom stereocenters. The van der Waals surface area contributed by atoms with E-state index in [0.717, 1.165) is 12.5 Å². The Balaban J connectivity index is 3.63. The molecule has 0 heterocycles. The van der Waals surface area contributed by atoms with Crippen LogP contribution in [0.5, 0.6) is 0 Å². The lowest BCUT2D eigenvalue weighted by Gasteiger charge is -2.26. The lowest BCUT2D eigenvalue weighted by molar-refractivity contribution is 0.249. The maximum Gasteiger partial charge on any atom is 0.0180 e. The summed E-state index contributed by atoms with van der Waals surface area (Å²) in [5.74, 6) is 1.24. The van der Waals surface area contributed by atoms with Gasteiger partial charge in [0.15, 0.2) is 0 Å². The summed E-state index contributed by atoms with van der Waals surface area (Å²) in [7, 11) is 2.23. The minimum absolute atomic E-state index is 0.351. The van der Waals surface area contributed by atoms with Gasteiger partial charge in [-0.05, 0) is 46.0 Å². The zero-order chi connectivity index (χ0) is 11.0. The monoisotopic (exact) mass is 218 g/mol. The molecule has 2 unspecified atom stereocenters. The Morgan fingerprint density at radius 1 is 1.43 bits per heavy atom. The normalized spacial score (nSPS) is 15.9. The Morgan fingerprint density at radius 2 is 2.07 bits per heavy atom. The Hall–Kier alpha value is 0.270. The van der Waals surface area contributed by atoms with Gasteiger partial charge in [0, 0.05) is 17.8 Å². The van der Waals surface area contributed by atoms with E-state index in [9.17, 15) is 0 Å². The SMILES string of the molecule is CCC(CSC)N(C)CCCC(C)N. The van der Waals surface area contributed by atoms with Crippen molar-refractivity contribution < 1.29 is 0 Å². The lowest BCUT2D eigenvalue weighted by Crippen LogP contribution is -2.34. The van der Waals surface area contributed by atoms with E-state index in [1.807, 2.05) is 11.8 Å². The van der Waals surface area contributed by atoms with Crippen molar-refractivity contribution >= 4 is 11.8 Å². The van der Waals surface area contributed by atoms with E-state index in [0.29, 0.717) is 6.04 Å². The highest BCUT2D eigenvalue weighted by molar-refractivity contribution is 7.98. The second kappa shape index (κ2) is 8.57. The van der Waals surface area contributed by atoms with E-state index >= 15 is 0 Å². The predicted octanol–water partition coefficient (Wildman–Crippen LogP) is 2.19. The van der Waals surface area contributed by atoms with Gasteiger partial charge >= 0.3 is 0 Å². The Labute approximate surface area is 93.6 Å². The molecule has 2 N–H and O–H groups in total. The average molecular weight is 218 g/mol. The minimum Gasteiger partial charge on any atom is -0.328 e. The van der Waals surface area contributed by atoms with Crippen molar-refractivity contribution in [1.82, 2.24) is 4.90 Å². The van der Waals surface area contributed by atoms with Gasteiger partial charge in [-0.25, -0.2) is 0 Å². The number of hydrogen-bond acceptors (Lipinski definition) is 3. The number of thioether (sulfide) groups is 1. The highest BCUT2D eigenvalue weighted by Crippen LogP contribution is 2.09. The quantitative estimate of drug-likeness (QED) is 0.677. The summed E-state index contributed by atoms with van der Waals surface area (Å²) in [6.07, 6.45) is 5.78. The highest BCUT2D eigenvalue weighted by atomic mass is 32.2. The van der Waals surface area contributed by atoms with Crippen molar-refractivity contribution in [3.63, 3.8) is 0 Å². The van der Waals surface area contributed by atoms with Crippen LogP contribution in [0.3, 0.4) is 0 Å². The van der Waals surface area contributed by atoms with Gasteiger partial charge in [-0.1, -0.05) is 6.92 Å². The Kier molecular flexibility index (Phi) is 8.73. The van der Waals surface area contributed by atoms with Crippen LogP contribution in [0.4, 0.5) is 0 Å². The van der Waals surface area contributed by atoms with E-state index in [4.69, 9.17) is 5.73 Å². The second-order valence-electron chi connectivity index (χ2n) is 4.12. The standard InChI is InChI=1S/C11H26N2S/c1-5-11(9-14-4)13(3)8-6-7-10(2)12/h10-11H,5-9,12H2,1-4H3. The molecule has 3 heteroatoms. The van der Waals surface area contributed by atoms with Crippen LogP contribution >= 0.6 is 11.8 Å². The third-order valence-corrected chi connectivity index (χ3v) is 3.34. The molecule has 0 aromatic heterocycles. The molecule has 0 aliphatic heterocycles. The van der Waals surface area contributed by atoms with Crippen molar-refractivity contribution in [3.05, 3.63) is 0 Å². The molecular formula is C11H26N2S. The molecular weight excluding hydrogens is 192 g/mol. The van der Waals surface area contributed by atoms with Gasteiger partial charge in [0.25, 0.3) is 0 Å². The third-order valence-electron chi connectivity index (χ3n) is 2.62. The molecule has 0 amide bonds. The number of hydrogen-bond donors (Lipinski definition) is 1. The lowest BCUT2D eigenvalue weighted by atomic mass is 10.1. The molecule has 0 fully saturated rings. The van der Waals surface area contributed by atoms with Crippen LogP contribution in [0.25, 0.3) is 0 Å². The van der Waals surface area contributed by atoms with Crippen molar-refractivity contribution in [2.75, 3.05) is 25.6 Å². The van der Waals surface area contributed by atoms with Gasteiger partial charge in [0.05, 0.1) is 0 Å². The smallest absolute Gasteiger partial charge is 0.0180 e. The fraction of sp³-hybridized carbons (Fsp3) is 1.00. The van der Waals surface area contributed by atoms with Crippen LogP contribution in [0.1, 0.15) is 33.1 Å². The van der Waals surface area contributed by atoms with Gasteiger partial charge < -0.3 is 10.6 Å². The first-order valence-corrected chi connectivity index (χ1v) is 6.95. The summed E-state index contributed by atoms with van der Waals surface area (Å²) in [4.78, 5) is 2.47. The van der Waals surface area contributed by atoms with E-state index in [1.54, 1.807) is 0 Å². The predicted molar refractivity (Wildman–Crippen MR) is 68.0 cm³/mol. The maximum absolute atomic E-state index is 5.72. The zero-order valence-corrected chi connectivity index (χ0v) is 10.9. The minimum atomic E-state index is 0.351. The van der Waals surface area contributed by atoms with Crippen LogP contribution in [0.15, 0.2) is 0 Å². The summed E-state index contributed by atoms with van der Waals surface area (Å²) in [5.41, 5.74) is 5.72. The van der Waals surface area contributed by atoms with E-state index < -0.39 is 0 Å². The first-order chi connectivity index (χ1) is 6.61. The molecule has 2 nitrogen and oxygen atoms in total. The van der Waals surface area contributed by atoms with Crippen LogP contribution < -0.4 is 5.73 Å². The molecule has 0 rings (SSSR count). The molecule has 0 saturated heterocycles. The summed E-state index contributed by atoms with van der Waals surface area (Å²) < 4.78 is 0. The molecule has 0 aliphatic carbocycles. The summed E-state index contributed by atoms with van der Waals surface area (Å²) in [6, 6.07) is 1.09. The largest absolute Gasteiger partial charge is 0.328 e. The van der Waals surface area contributed by atoms with Gasteiger partial charge in [-0.2, -0.15) is 11.8 Å². The zero-order valence-electron chi connectivity index (χ0n) is 10.1. The molecule has 0 aromatic carbocycles. The van der Waals surface area contributed by atoms with Crippen LogP contribution in [0.2, 0.25) is 0 Å². The van der Waals surface area contributed by atoms with Crippen molar-refractivity contribution in [3.8, 4) is 0 Å². The fourth-order valence-corrected chi connectivity index (χ4v) is 2.47. The Bertz CT molecular complexity index is 128. The first kappa shape index (κ1) is 14.3. The molecule has 0 bridgehead atoms. The molecule has 0 aliphatic rings. The molecule has 14 heavy (non-hydrogen) atoms. The number of rotatable bonds is 8. The molecule has 86 valence electrons. The van der Waals surface area contributed by atoms with E-state index in [1.165, 1.54) is 25.1 Å². The van der Waals surface area contributed by atoms with Gasteiger partial charge in [-0.3, -0.25) is 0 Å². The maximum atomic E-state index is 5.72. The van der Waals surface area contributed by atoms with Gasteiger partial charge in [0.2, 0.25) is 0 Å². The number of nitrogens with zero attached hydrogens (tertiary/aromatic N) is 1. The van der Waals surface area contributed by atoms with Crippen LogP contribution in [-0.4, -0.2) is 42.6 Å². The second-order valence-corrected chi connectivity index (χ2v) is 5.03. The van der Waals surface area contributed by atoms with Crippen LogP contribution in [-0.2, 0) is 0 Å². The average Bonchev–Trinajstić information content (AvgIpc) is 2.13. The van der Waals surface area contributed by atoms with Gasteiger partial charge in [-0.15, -0.1) is 0 Å². The van der Waals surface area contributed by atoms with Crippen LogP contribution in [0, 0.1) is 0 Å². The van der Waals surface area contributed by atoms with E-state index in [2.05, 4.69) is 32.1 Å². The molecule has 0 spiro atoms. The number of nitrogens with two attached hydrogens (primary N) is 1. The molecule has 0 saturated carbocycles.